The van der Waals surface area contributed by atoms with Gasteiger partial charge in [0.15, 0.2) is 23.2 Å². The van der Waals surface area contributed by atoms with Crippen molar-refractivity contribution in [3.63, 3.8) is 0 Å². The molecule has 1 aliphatic heterocycles. The van der Waals surface area contributed by atoms with Crippen LogP contribution >= 0.6 is 23.8 Å². The molecule has 3 rings (SSSR count). The smallest absolute Gasteiger partial charge is 0.341 e. The number of aryl methyl sites for hydroxylation is 1. The molecule has 2 amide bonds. The molecule has 0 aliphatic carbocycles. The highest BCUT2D eigenvalue weighted by atomic mass is 35.5. The Hall–Kier alpha value is -3.43. The van der Waals surface area contributed by atoms with Gasteiger partial charge in [-0.15, -0.1) is 0 Å². The molecule has 33 heavy (non-hydrogen) atoms. The van der Waals surface area contributed by atoms with E-state index in [4.69, 9.17) is 38.4 Å². The number of thiocarbonyl (C=S) groups is 1. The molecule has 1 saturated heterocycles. The molecule has 2 aromatic carbocycles. The van der Waals surface area contributed by atoms with Crippen LogP contribution in [0.15, 0.2) is 42.0 Å². The van der Waals surface area contributed by atoms with E-state index in [2.05, 4.69) is 5.32 Å². The van der Waals surface area contributed by atoms with Crippen LogP contribution in [-0.2, 0) is 20.8 Å². The van der Waals surface area contributed by atoms with E-state index in [0.717, 1.165) is 12.0 Å². The Morgan fingerprint density at radius 1 is 1.18 bits per heavy atom. The van der Waals surface area contributed by atoms with Crippen LogP contribution in [-0.4, -0.2) is 41.2 Å². The zero-order valence-electron chi connectivity index (χ0n) is 17.9. The number of nitrogens with zero attached hydrogens (tertiary/aromatic N) is 1. The molecule has 2 aromatic rings. The maximum Gasteiger partial charge on any atom is 0.341 e. The van der Waals surface area contributed by atoms with Crippen molar-refractivity contribution in [2.45, 2.75) is 20.3 Å². The molecule has 10 heteroatoms. The van der Waals surface area contributed by atoms with Crippen molar-refractivity contribution in [2.75, 3.05) is 18.1 Å². The van der Waals surface area contributed by atoms with E-state index >= 15 is 0 Å². The molecule has 0 atom stereocenters. The van der Waals surface area contributed by atoms with Gasteiger partial charge in [-0.1, -0.05) is 30.7 Å². The number of nitrogens with one attached hydrogen (secondary N) is 1. The van der Waals surface area contributed by atoms with Gasteiger partial charge in [0, 0.05) is 0 Å². The summed E-state index contributed by atoms with van der Waals surface area (Å²) in [6.07, 6.45) is 2.21. The van der Waals surface area contributed by atoms with Gasteiger partial charge in [0.2, 0.25) is 0 Å². The number of aliphatic carboxylic acids is 1. The van der Waals surface area contributed by atoms with Crippen molar-refractivity contribution in [3.8, 4) is 11.5 Å². The fourth-order valence-electron chi connectivity index (χ4n) is 3.15. The number of carbonyl (C=O) groups excluding carboxylic acids is 2. The molecule has 0 bridgehead atoms. The Kier molecular flexibility index (Phi) is 7.67. The minimum atomic E-state index is -1.17. The number of carbonyl (C=O) groups is 3. The number of amides is 2. The average Bonchev–Trinajstić information content (AvgIpc) is 2.76. The summed E-state index contributed by atoms with van der Waals surface area (Å²) in [6, 6.07) is 10.2. The van der Waals surface area contributed by atoms with E-state index in [9.17, 15) is 14.4 Å². The number of carboxylic acids is 1. The van der Waals surface area contributed by atoms with Gasteiger partial charge in [-0.25, -0.2) is 4.79 Å². The zero-order valence-corrected chi connectivity index (χ0v) is 19.5. The van der Waals surface area contributed by atoms with Crippen LogP contribution in [0.5, 0.6) is 11.5 Å². The molecule has 2 N–H and O–H groups in total. The molecule has 0 aromatic heterocycles. The third-order valence-electron chi connectivity index (χ3n) is 4.69. The third kappa shape index (κ3) is 5.50. The minimum absolute atomic E-state index is 0.0168. The molecule has 8 nitrogen and oxygen atoms in total. The van der Waals surface area contributed by atoms with Crippen molar-refractivity contribution in [3.05, 3.63) is 58.1 Å². The molecule has 0 saturated carbocycles. The lowest BCUT2D eigenvalue weighted by Crippen LogP contribution is -2.54. The minimum Gasteiger partial charge on any atom is -0.490 e. The fourth-order valence-corrected chi connectivity index (χ4v) is 3.70. The number of rotatable bonds is 8. The van der Waals surface area contributed by atoms with Crippen LogP contribution in [0.3, 0.4) is 0 Å². The summed E-state index contributed by atoms with van der Waals surface area (Å²) >= 11 is 11.5. The number of halogens is 1. The average molecular weight is 489 g/mol. The predicted molar refractivity (Wildman–Crippen MR) is 128 cm³/mol. The lowest BCUT2D eigenvalue weighted by molar-refractivity contribution is -0.139. The van der Waals surface area contributed by atoms with Crippen LogP contribution in [0.1, 0.15) is 25.0 Å². The van der Waals surface area contributed by atoms with Gasteiger partial charge in [-0.05, 0) is 67.0 Å². The third-order valence-corrected chi connectivity index (χ3v) is 5.25. The molecule has 1 aliphatic rings. The Bertz CT molecular complexity index is 1150. The van der Waals surface area contributed by atoms with Crippen LogP contribution in [0.25, 0.3) is 6.08 Å². The zero-order chi connectivity index (χ0) is 24.1. The van der Waals surface area contributed by atoms with Gasteiger partial charge in [0.25, 0.3) is 11.8 Å². The number of hydrogen-bond donors (Lipinski definition) is 2. The summed E-state index contributed by atoms with van der Waals surface area (Å²) in [5.74, 6) is -2.17. The first-order chi connectivity index (χ1) is 15.7. The fraction of sp³-hybridized carbons (Fsp3) is 0.217. The molecular weight excluding hydrogens is 468 g/mol. The number of carboxylic acid groups (broad SMARTS) is 1. The highest BCUT2D eigenvalue weighted by molar-refractivity contribution is 7.80. The normalized spacial score (nSPS) is 14.9. The van der Waals surface area contributed by atoms with Crippen molar-refractivity contribution < 1.29 is 29.0 Å². The standard InChI is InChI=1S/C23H21ClN2O6S/c1-3-13-5-7-15(8-6-13)26-22(30)16(21(29)25-23(26)33)9-14-10-17(24)20(32-12-19(27)28)18(11-14)31-4-2/h5-11H,3-4,12H2,1-2H3,(H,27,28)(H,25,29,33). The van der Waals surface area contributed by atoms with Crippen molar-refractivity contribution in [2.24, 2.45) is 0 Å². The lowest BCUT2D eigenvalue weighted by Gasteiger charge is -2.29. The van der Waals surface area contributed by atoms with Gasteiger partial charge in [-0.2, -0.15) is 0 Å². The summed E-state index contributed by atoms with van der Waals surface area (Å²) in [7, 11) is 0. The van der Waals surface area contributed by atoms with E-state index in [-0.39, 0.29) is 33.8 Å². The Balaban J connectivity index is 1.99. The van der Waals surface area contributed by atoms with Crippen LogP contribution in [0.4, 0.5) is 5.69 Å². The van der Waals surface area contributed by atoms with Gasteiger partial charge in [-0.3, -0.25) is 19.8 Å². The highest BCUT2D eigenvalue weighted by Gasteiger charge is 2.34. The maximum absolute atomic E-state index is 13.2. The summed E-state index contributed by atoms with van der Waals surface area (Å²) in [6.45, 7) is 3.41. The summed E-state index contributed by atoms with van der Waals surface area (Å²) in [5, 5.41) is 11.5. The SMILES string of the molecule is CCOc1cc(C=C2C(=O)NC(=S)N(c3ccc(CC)cc3)C2=O)cc(Cl)c1OCC(=O)O. The lowest BCUT2D eigenvalue weighted by atomic mass is 10.1. The first-order valence-electron chi connectivity index (χ1n) is 10.1. The largest absolute Gasteiger partial charge is 0.490 e. The van der Waals surface area contributed by atoms with Crippen LogP contribution < -0.4 is 19.7 Å². The van der Waals surface area contributed by atoms with Crippen LogP contribution in [0.2, 0.25) is 5.02 Å². The highest BCUT2D eigenvalue weighted by Crippen LogP contribution is 2.37. The van der Waals surface area contributed by atoms with E-state index in [1.165, 1.54) is 23.1 Å². The second kappa shape index (κ2) is 10.5. The maximum atomic E-state index is 13.2. The molecule has 0 spiro atoms. The van der Waals surface area contributed by atoms with Gasteiger partial charge >= 0.3 is 5.97 Å². The van der Waals surface area contributed by atoms with Gasteiger partial charge in [0.1, 0.15) is 5.57 Å². The topological polar surface area (TPSA) is 105 Å². The predicted octanol–water partition coefficient (Wildman–Crippen LogP) is 3.60. The monoisotopic (exact) mass is 488 g/mol. The Morgan fingerprint density at radius 3 is 2.48 bits per heavy atom. The second-order valence-corrected chi connectivity index (χ2v) is 7.72. The first-order valence-corrected chi connectivity index (χ1v) is 10.8. The summed E-state index contributed by atoms with van der Waals surface area (Å²) in [4.78, 5) is 37.9. The van der Waals surface area contributed by atoms with Crippen LogP contribution in [0, 0.1) is 0 Å². The van der Waals surface area contributed by atoms with Crippen molar-refractivity contribution in [1.29, 1.82) is 0 Å². The van der Waals surface area contributed by atoms with Gasteiger partial charge < -0.3 is 14.6 Å². The Morgan fingerprint density at radius 2 is 1.88 bits per heavy atom. The number of ether oxygens (including phenoxy) is 2. The van der Waals surface area contributed by atoms with Crippen molar-refractivity contribution >= 4 is 58.5 Å². The summed E-state index contributed by atoms with van der Waals surface area (Å²) in [5.41, 5.74) is 1.86. The molecule has 1 heterocycles. The molecular formula is C23H21ClN2O6S. The van der Waals surface area contributed by atoms with Gasteiger partial charge in [0.05, 0.1) is 17.3 Å². The number of benzene rings is 2. The quantitative estimate of drug-likeness (QED) is 0.332. The molecule has 172 valence electrons. The van der Waals surface area contributed by atoms with E-state index in [1.54, 1.807) is 19.1 Å². The molecule has 1 fully saturated rings. The van der Waals surface area contributed by atoms with E-state index < -0.39 is 24.4 Å². The van der Waals surface area contributed by atoms with E-state index in [0.29, 0.717) is 11.3 Å². The second-order valence-electron chi connectivity index (χ2n) is 6.92. The summed E-state index contributed by atoms with van der Waals surface area (Å²) < 4.78 is 10.7. The number of anilines is 1. The Labute approximate surface area is 200 Å². The first kappa shape index (κ1) is 24.2. The molecule has 0 unspecified atom stereocenters. The van der Waals surface area contributed by atoms with E-state index in [1.807, 2.05) is 19.1 Å². The van der Waals surface area contributed by atoms with Crippen molar-refractivity contribution in [1.82, 2.24) is 5.32 Å². The number of hydrogen-bond acceptors (Lipinski definition) is 6. The molecule has 0 radical (unpaired) electrons.